The minimum Gasteiger partial charge on any atom is -0.300 e. The number of para-hydroxylation sites is 1. The molecule has 0 amide bonds. The number of pyridine rings is 1. The van der Waals surface area contributed by atoms with Gasteiger partial charge in [0.25, 0.3) is 0 Å². The van der Waals surface area contributed by atoms with Gasteiger partial charge in [0.2, 0.25) is 5.95 Å². The second-order valence-electron chi connectivity index (χ2n) is 4.62. The maximum absolute atomic E-state index is 4.65. The van der Waals surface area contributed by atoms with E-state index in [0.717, 1.165) is 27.4 Å². The van der Waals surface area contributed by atoms with E-state index < -0.39 is 0 Å². The number of thiazole rings is 1. The maximum atomic E-state index is 4.65. The highest BCUT2D eigenvalue weighted by atomic mass is 35.5. The lowest BCUT2D eigenvalue weighted by Crippen LogP contribution is -1.95. The molecule has 0 radical (unpaired) electrons. The van der Waals surface area contributed by atoms with Crippen LogP contribution in [-0.2, 0) is 0 Å². The topological polar surface area (TPSA) is 63.6 Å². The predicted molar refractivity (Wildman–Crippen MR) is 103 cm³/mol. The number of nitrogens with one attached hydrogen (secondary N) is 1. The molecular weight excluding hydrogens is 365 g/mol. The fourth-order valence-corrected chi connectivity index (χ4v) is 2.81. The van der Waals surface area contributed by atoms with E-state index in [1.165, 1.54) is 11.3 Å². The molecular formula is C16H13Cl2N5S. The molecule has 0 aliphatic rings. The van der Waals surface area contributed by atoms with E-state index in [1.807, 2.05) is 35.7 Å². The van der Waals surface area contributed by atoms with Crippen LogP contribution in [-0.4, -0.2) is 19.9 Å². The van der Waals surface area contributed by atoms with E-state index in [4.69, 9.17) is 0 Å². The number of anilines is 2. The fourth-order valence-electron chi connectivity index (χ4n) is 2.12. The molecule has 0 aliphatic carbocycles. The van der Waals surface area contributed by atoms with Crippen LogP contribution in [0.5, 0.6) is 0 Å². The van der Waals surface area contributed by atoms with Gasteiger partial charge < -0.3 is 5.32 Å². The Morgan fingerprint density at radius 2 is 1.58 bits per heavy atom. The first-order valence-corrected chi connectivity index (χ1v) is 7.62. The molecule has 0 fully saturated rings. The van der Waals surface area contributed by atoms with Crippen LogP contribution in [0.4, 0.5) is 11.1 Å². The Morgan fingerprint density at radius 3 is 2.42 bits per heavy atom. The predicted octanol–water partition coefficient (Wildman–Crippen LogP) is 4.74. The molecule has 122 valence electrons. The van der Waals surface area contributed by atoms with Gasteiger partial charge in [-0.2, -0.15) is 0 Å². The highest BCUT2D eigenvalue weighted by Gasteiger charge is 2.07. The van der Waals surface area contributed by atoms with Gasteiger partial charge in [-0.25, -0.2) is 19.9 Å². The third-order valence-electron chi connectivity index (χ3n) is 3.15. The van der Waals surface area contributed by atoms with Gasteiger partial charge in [0.1, 0.15) is 5.69 Å². The molecule has 8 heteroatoms. The van der Waals surface area contributed by atoms with Crippen LogP contribution >= 0.6 is 36.2 Å². The monoisotopic (exact) mass is 377 g/mol. The Morgan fingerprint density at radius 1 is 0.792 bits per heavy atom. The molecule has 1 N–H and O–H groups in total. The fraction of sp³-hybridized carbons (Fsp3) is 0. The number of aromatic nitrogens is 4. The molecule has 24 heavy (non-hydrogen) atoms. The number of fused-ring (bicyclic) bond motifs is 1. The Hall–Kier alpha value is -2.28. The molecule has 4 rings (SSSR count). The summed E-state index contributed by atoms with van der Waals surface area (Å²) in [5.41, 5.74) is 2.67. The summed E-state index contributed by atoms with van der Waals surface area (Å²) in [7, 11) is 0. The highest BCUT2D eigenvalue weighted by Crippen LogP contribution is 2.26. The zero-order chi connectivity index (χ0) is 14.8. The second kappa shape index (κ2) is 8.01. The van der Waals surface area contributed by atoms with Crippen LogP contribution in [0.1, 0.15) is 0 Å². The third kappa shape index (κ3) is 3.79. The largest absolute Gasteiger partial charge is 0.300 e. The van der Waals surface area contributed by atoms with E-state index in [2.05, 4.69) is 31.3 Å². The lowest BCUT2D eigenvalue weighted by molar-refractivity contribution is 1.16. The Kier molecular flexibility index (Phi) is 6.03. The molecule has 4 aromatic rings. The van der Waals surface area contributed by atoms with Gasteiger partial charge in [-0.3, -0.25) is 0 Å². The SMILES string of the molecule is Cl.Cl.c1cnc(Nc2nc(-c3ccc4ccccc4n3)cs2)nc1. The summed E-state index contributed by atoms with van der Waals surface area (Å²) in [6.07, 6.45) is 3.38. The summed E-state index contributed by atoms with van der Waals surface area (Å²) in [5.74, 6) is 0.537. The molecule has 3 heterocycles. The molecule has 1 aromatic carbocycles. The molecule has 0 spiro atoms. The molecule has 3 aromatic heterocycles. The number of nitrogens with zero attached hydrogens (tertiary/aromatic N) is 4. The standard InChI is InChI=1S/C16H11N5S.2ClH/c1-2-5-12-11(4-1)6-7-13(19-12)14-10-22-16(20-14)21-15-17-8-3-9-18-15;;/h1-10H,(H,17,18,20,21);2*1H. The molecule has 0 bridgehead atoms. The number of hydrogen-bond donors (Lipinski definition) is 1. The second-order valence-corrected chi connectivity index (χ2v) is 5.48. The quantitative estimate of drug-likeness (QED) is 0.558. The minimum absolute atomic E-state index is 0. The van der Waals surface area contributed by atoms with Crippen LogP contribution in [0.2, 0.25) is 0 Å². The zero-order valence-electron chi connectivity index (χ0n) is 12.3. The third-order valence-corrected chi connectivity index (χ3v) is 3.91. The summed E-state index contributed by atoms with van der Waals surface area (Å²) < 4.78 is 0. The van der Waals surface area contributed by atoms with Gasteiger partial charge in [0.05, 0.1) is 11.2 Å². The minimum atomic E-state index is 0. The summed E-state index contributed by atoms with van der Waals surface area (Å²) in [4.78, 5) is 17.5. The van der Waals surface area contributed by atoms with Crippen molar-refractivity contribution >= 4 is 58.1 Å². The molecule has 0 aliphatic heterocycles. The van der Waals surface area contributed by atoms with Crippen molar-refractivity contribution in [2.75, 3.05) is 5.32 Å². The normalized spacial score (nSPS) is 9.83. The number of benzene rings is 1. The Balaban J connectivity index is 0.00000104. The van der Waals surface area contributed by atoms with Crippen molar-refractivity contribution in [1.29, 1.82) is 0 Å². The van der Waals surface area contributed by atoms with Gasteiger partial charge in [0.15, 0.2) is 5.13 Å². The zero-order valence-corrected chi connectivity index (χ0v) is 14.7. The van der Waals surface area contributed by atoms with E-state index in [0.29, 0.717) is 5.95 Å². The van der Waals surface area contributed by atoms with Crippen molar-refractivity contribution in [1.82, 2.24) is 19.9 Å². The van der Waals surface area contributed by atoms with Crippen molar-refractivity contribution < 1.29 is 0 Å². The summed E-state index contributed by atoms with van der Waals surface area (Å²) >= 11 is 1.50. The van der Waals surface area contributed by atoms with Crippen LogP contribution in [0.25, 0.3) is 22.3 Å². The Labute approximate surface area is 155 Å². The molecule has 0 unspecified atom stereocenters. The average Bonchev–Trinajstić information content (AvgIpc) is 3.04. The Bertz CT molecular complexity index is 930. The van der Waals surface area contributed by atoms with Crippen molar-refractivity contribution in [3.63, 3.8) is 0 Å². The summed E-state index contributed by atoms with van der Waals surface area (Å²) in [6, 6.07) is 13.9. The lowest BCUT2D eigenvalue weighted by atomic mass is 10.2. The van der Waals surface area contributed by atoms with Gasteiger partial charge in [-0.1, -0.05) is 24.3 Å². The molecule has 5 nitrogen and oxygen atoms in total. The lowest BCUT2D eigenvalue weighted by Gasteiger charge is -2.00. The smallest absolute Gasteiger partial charge is 0.228 e. The van der Waals surface area contributed by atoms with Crippen LogP contribution in [0, 0.1) is 0 Å². The van der Waals surface area contributed by atoms with E-state index >= 15 is 0 Å². The summed E-state index contributed by atoms with van der Waals surface area (Å²) in [6.45, 7) is 0. The van der Waals surface area contributed by atoms with Crippen LogP contribution < -0.4 is 5.32 Å². The molecule has 0 saturated carbocycles. The van der Waals surface area contributed by atoms with Crippen molar-refractivity contribution in [2.45, 2.75) is 0 Å². The van der Waals surface area contributed by atoms with Gasteiger partial charge >= 0.3 is 0 Å². The van der Waals surface area contributed by atoms with Gasteiger partial charge in [-0.15, -0.1) is 36.2 Å². The van der Waals surface area contributed by atoms with Crippen LogP contribution in [0.15, 0.2) is 60.2 Å². The van der Waals surface area contributed by atoms with Gasteiger partial charge in [0, 0.05) is 23.2 Å². The summed E-state index contributed by atoms with van der Waals surface area (Å²) in [5, 5.41) is 6.93. The van der Waals surface area contributed by atoms with E-state index in [9.17, 15) is 0 Å². The van der Waals surface area contributed by atoms with Crippen molar-refractivity contribution in [3.05, 3.63) is 60.2 Å². The molecule has 0 atom stereocenters. The first-order valence-electron chi connectivity index (χ1n) is 6.74. The van der Waals surface area contributed by atoms with Crippen molar-refractivity contribution in [2.24, 2.45) is 0 Å². The first kappa shape index (κ1) is 18.1. The number of hydrogen-bond acceptors (Lipinski definition) is 6. The van der Waals surface area contributed by atoms with E-state index in [-0.39, 0.29) is 24.8 Å². The first-order chi connectivity index (χ1) is 10.9. The highest BCUT2D eigenvalue weighted by molar-refractivity contribution is 7.14. The average molecular weight is 378 g/mol. The van der Waals surface area contributed by atoms with Crippen molar-refractivity contribution in [3.8, 4) is 11.4 Å². The van der Waals surface area contributed by atoms with E-state index in [1.54, 1.807) is 18.5 Å². The maximum Gasteiger partial charge on any atom is 0.228 e. The number of halogens is 2. The van der Waals surface area contributed by atoms with Crippen LogP contribution in [0.3, 0.4) is 0 Å². The molecule has 0 saturated heterocycles. The van der Waals surface area contributed by atoms with Gasteiger partial charge in [-0.05, 0) is 18.2 Å². The number of rotatable bonds is 3.